The molecule has 0 bridgehead atoms. The van der Waals surface area contributed by atoms with Crippen molar-refractivity contribution in [1.29, 1.82) is 0 Å². The largest absolute Gasteiger partial charge is 0.322 e. The van der Waals surface area contributed by atoms with Gasteiger partial charge in [0, 0.05) is 11.1 Å². The van der Waals surface area contributed by atoms with Crippen LogP contribution in [0.4, 0.5) is 10.1 Å². The maximum atomic E-state index is 13.1. The Kier molecular flexibility index (Phi) is 2.72. The summed E-state index contributed by atoms with van der Waals surface area (Å²) in [7, 11) is 0. The number of carbonyl (C=O) groups excluding carboxylic acids is 1. The highest BCUT2D eigenvalue weighted by atomic mass is 19.1. The van der Waals surface area contributed by atoms with Gasteiger partial charge in [-0.05, 0) is 30.3 Å². The van der Waals surface area contributed by atoms with Gasteiger partial charge in [0.15, 0.2) is 0 Å². The van der Waals surface area contributed by atoms with Crippen molar-refractivity contribution in [2.75, 3.05) is 5.32 Å². The number of aromatic amines is 1. The van der Waals surface area contributed by atoms with Gasteiger partial charge in [-0.3, -0.25) is 9.89 Å². The van der Waals surface area contributed by atoms with Crippen molar-refractivity contribution in [3.63, 3.8) is 0 Å². The van der Waals surface area contributed by atoms with Gasteiger partial charge in [0.25, 0.3) is 5.91 Å². The van der Waals surface area contributed by atoms with Crippen molar-refractivity contribution in [3.05, 3.63) is 60.0 Å². The summed E-state index contributed by atoms with van der Waals surface area (Å²) in [5.74, 6) is -0.683. The number of anilines is 1. The number of hydrogen-bond donors (Lipinski definition) is 2. The molecule has 5 heteroatoms. The minimum atomic E-state index is -0.390. The second-order valence-corrected chi connectivity index (χ2v) is 4.10. The second-order valence-electron chi connectivity index (χ2n) is 4.10. The number of aromatic nitrogens is 2. The van der Waals surface area contributed by atoms with Crippen molar-refractivity contribution in [2.45, 2.75) is 0 Å². The maximum Gasteiger partial charge on any atom is 0.256 e. The molecule has 94 valence electrons. The molecular weight excluding hydrogens is 245 g/mol. The van der Waals surface area contributed by atoms with Crippen LogP contribution in [0, 0.1) is 5.82 Å². The molecule has 0 atom stereocenters. The molecule has 0 aliphatic heterocycles. The van der Waals surface area contributed by atoms with E-state index in [4.69, 9.17) is 0 Å². The molecule has 0 radical (unpaired) electrons. The van der Waals surface area contributed by atoms with Crippen LogP contribution in [0.15, 0.2) is 48.7 Å². The first-order valence-corrected chi connectivity index (χ1v) is 5.73. The van der Waals surface area contributed by atoms with Crippen molar-refractivity contribution < 1.29 is 9.18 Å². The zero-order chi connectivity index (χ0) is 13.2. The predicted molar refractivity (Wildman–Crippen MR) is 70.4 cm³/mol. The summed E-state index contributed by atoms with van der Waals surface area (Å²) in [4.78, 5) is 12.2. The molecular formula is C14H10FN3O. The monoisotopic (exact) mass is 255 g/mol. The van der Waals surface area contributed by atoms with Gasteiger partial charge in [-0.25, -0.2) is 4.39 Å². The summed E-state index contributed by atoms with van der Waals surface area (Å²) in [6, 6.07) is 11.1. The average molecular weight is 255 g/mol. The van der Waals surface area contributed by atoms with Crippen LogP contribution < -0.4 is 5.32 Å². The molecule has 0 spiro atoms. The van der Waals surface area contributed by atoms with Gasteiger partial charge < -0.3 is 5.32 Å². The average Bonchev–Trinajstić information content (AvgIpc) is 2.86. The standard InChI is InChI=1S/C14H10FN3O/c15-9-3-1-4-10(7-9)17-14(19)11-5-2-6-13-12(11)8-16-18-13/h1-8H,(H,16,18)(H,17,19). The Bertz CT molecular complexity index is 751. The van der Waals surface area contributed by atoms with Gasteiger partial charge in [0.2, 0.25) is 0 Å². The van der Waals surface area contributed by atoms with Gasteiger partial charge in [-0.15, -0.1) is 0 Å². The lowest BCUT2D eigenvalue weighted by atomic mass is 10.1. The Morgan fingerprint density at radius 2 is 2.05 bits per heavy atom. The Morgan fingerprint density at radius 3 is 2.89 bits per heavy atom. The Balaban J connectivity index is 1.94. The number of benzene rings is 2. The first-order chi connectivity index (χ1) is 9.24. The Morgan fingerprint density at radius 1 is 1.21 bits per heavy atom. The molecule has 2 N–H and O–H groups in total. The van der Waals surface area contributed by atoms with E-state index >= 15 is 0 Å². The van der Waals surface area contributed by atoms with E-state index in [1.807, 2.05) is 6.07 Å². The van der Waals surface area contributed by atoms with Crippen LogP contribution in [-0.4, -0.2) is 16.1 Å². The first-order valence-electron chi connectivity index (χ1n) is 5.73. The summed E-state index contributed by atoms with van der Waals surface area (Å²) < 4.78 is 13.1. The van der Waals surface area contributed by atoms with Gasteiger partial charge in [0.05, 0.1) is 17.3 Å². The number of fused-ring (bicyclic) bond motifs is 1. The molecule has 1 aromatic heterocycles. The van der Waals surface area contributed by atoms with E-state index in [-0.39, 0.29) is 11.7 Å². The summed E-state index contributed by atoms with van der Waals surface area (Å²) in [5, 5.41) is 10.1. The van der Waals surface area contributed by atoms with Crippen molar-refractivity contribution in [2.24, 2.45) is 0 Å². The van der Waals surface area contributed by atoms with Crippen LogP contribution in [0.25, 0.3) is 10.9 Å². The number of carbonyl (C=O) groups is 1. The quantitative estimate of drug-likeness (QED) is 0.739. The number of hydrogen-bond acceptors (Lipinski definition) is 2. The summed E-state index contributed by atoms with van der Waals surface area (Å²) in [6.07, 6.45) is 1.59. The molecule has 0 unspecified atom stereocenters. The van der Waals surface area contributed by atoms with Gasteiger partial charge in [-0.1, -0.05) is 12.1 Å². The number of amides is 1. The molecule has 0 saturated heterocycles. The van der Waals surface area contributed by atoms with Crippen LogP contribution in [0.2, 0.25) is 0 Å². The lowest BCUT2D eigenvalue weighted by Crippen LogP contribution is -2.12. The smallest absolute Gasteiger partial charge is 0.256 e. The number of nitrogens with one attached hydrogen (secondary N) is 2. The van der Waals surface area contributed by atoms with Gasteiger partial charge in [-0.2, -0.15) is 5.10 Å². The summed E-state index contributed by atoms with van der Waals surface area (Å²) >= 11 is 0. The van der Waals surface area contributed by atoms with E-state index < -0.39 is 0 Å². The number of nitrogens with zero attached hydrogens (tertiary/aromatic N) is 1. The van der Waals surface area contributed by atoms with Crippen LogP contribution in [0.3, 0.4) is 0 Å². The van der Waals surface area contributed by atoms with Crippen molar-refractivity contribution >= 4 is 22.5 Å². The fourth-order valence-corrected chi connectivity index (χ4v) is 1.93. The third kappa shape index (κ3) is 2.18. The highest BCUT2D eigenvalue weighted by Gasteiger charge is 2.11. The summed E-state index contributed by atoms with van der Waals surface area (Å²) in [5.41, 5.74) is 1.70. The van der Waals surface area contributed by atoms with E-state index in [0.29, 0.717) is 11.3 Å². The van der Waals surface area contributed by atoms with Crippen LogP contribution in [0.5, 0.6) is 0 Å². The number of rotatable bonds is 2. The lowest BCUT2D eigenvalue weighted by Gasteiger charge is -2.06. The summed E-state index contributed by atoms with van der Waals surface area (Å²) in [6.45, 7) is 0. The minimum Gasteiger partial charge on any atom is -0.322 e. The van der Waals surface area contributed by atoms with Crippen LogP contribution in [-0.2, 0) is 0 Å². The SMILES string of the molecule is O=C(Nc1cccc(F)c1)c1cccc2[nH]ncc12. The van der Waals surface area contributed by atoms with E-state index in [0.717, 1.165) is 10.9 Å². The van der Waals surface area contributed by atoms with E-state index in [9.17, 15) is 9.18 Å². The predicted octanol–water partition coefficient (Wildman–Crippen LogP) is 2.95. The molecule has 0 aliphatic rings. The van der Waals surface area contributed by atoms with E-state index in [1.54, 1.807) is 30.5 Å². The highest BCUT2D eigenvalue weighted by molar-refractivity contribution is 6.12. The first kappa shape index (κ1) is 11.4. The van der Waals surface area contributed by atoms with Crippen molar-refractivity contribution in [1.82, 2.24) is 10.2 Å². The molecule has 19 heavy (non-hydrogen) atoms. The molecule has 4 nitrogen and oxygen atoms in total. The van der Waals surface area contributed by atoms with Crippen molar-refractivity contribution in [3.8, 4) is 0 Å². The Hall–Kier alpha value is -2.69. The number of halogens is 1. The third-order valence-electron chi connectivity index (χ3n) is 2.81. The molecule has 2 aromatic carbocycles. The molecule has 0 aliphatic carbocycles. The molecule has 0 saturated carbocycles. The lowest BCUT2D eigenvalue weighted by molar-refractivity contribution is 0.102. The van der Waals surface area contributed by atoms with Gasteiger partial charge >= 0.3 is 0 Å². The fraction of sp³-hybridized carbons (Fsp3) is 0. The maximum absolute atomic E-state index is 13.1. The van der Waals surface area contributed by atoms with Crippen LogP contribution >= 0.6 is 0 Å². The zero-order valence-electron chi connectivity index (χ0n) is 9.85. The zero-order valence-corrected chi connectivity index (χ0v) is 9.85. The third-order valence-corrected chi connectivity index (χ3v) is 2.81. The molecule has 3 rings (SSSR count). The highest BCUT2D eigenvalue weighted by Crippen LogP contribution is 2.18. The minimum absolute atomic E-state index is 0.294. The fourth-order valence-electron chi connectivity index (χ4n) is 1.93. The second kappa shape index (κ2) is 4.53. The Labute approximate surface area is 108 Å². The van der Waals surface area contributed by atoms with E-state index in [2.05, 4.69) is 15.5 Å². The molecule has 0 fully saturated rings. The van der Waals surface area contributed by atoms with Gasteiger partial charge in [0.1, 0.15) is 5.82 Å². The van der Waals surface area contributed by atoms with E-state index in [1.165, 1.54) is 12.1 Å². The molecule has 1 heterocycles. The topological polar surface area (TPSA) is 57.8 Å². The normalized spacial score (nSPS) is 10.6. The van der Waals surface area contributed by atoms with Crippen LogP contribution in [0.1, 0.15) is 10.4 Å². The number of H-pyrrole nitrogens is 1. The molecule has 1 amide bonds. The molecule has 3 aromatic rings.